The molecular weight excluding hydrogens is 131 g/mol. The number of hydrogen-bond donors (Lipinski definition) is 0. The maximum absolute atomic E-state index is 10.4. The van der Waals surface area contributed by atoms with E-state index in [9.17, 15) is 4.39 Å². The number of hydrogen-bond acceptors (Lipinski definition) is 1. The normalized spacial score (nSPS) is 7.25. The van der Waals surface area contributed by atoms with Gasteiger partial charge in [0.25, 0.3) is 0 Å². The number of carbonyl (C=O) groups is 1. The molecule has 0 rings (SSSR count). The maximum atomic E-state index is 10.4. The van der Waals surface area contributed by atoms with Crippen molar-refractivity contribution in [2.75, 3.05) is 0 Å². The Labute approximate surface area is 52.5 Å². The van der Waals surface area contributed by atoms with Crippen LogP contribution in [0.3, 0.4) is 0 Å². The van der Waals surface area contributed by atoms with Crippen molar-refractivity contribution in [3.8, 4) is 0 Å². The molecule has 0 aromatic carbocycles. The van der Waals surface area contributed by atoms with Crippen molar-refractivity contribution in [1.82, 2.24) is 0 Å². The zero-order valence-corrected chi connectivity index (χ0v) is 4.94. The van der Waals surface area contributed by atoms with Crippen LogP contribution in [0.25, 0.3) is 0 Å². The van der Waals surface area contributed by atoms with Gasteiger partial charge in [-0.3, -0.25) is 4.79 Å². The van der Waals surface area contributed by atoms with E-state index in [-0.39, 0.29) is 6.33 Å². The Morgan fingerprint density at radius 2 is 1.88 bits per heavy atom. The summed E-state index contributed by atoms with van der Waals surface area (Å²) in [5.41, 5.74) is 0.806. The minimum Gasteiger partial charge on any atom is -0.299 e. The van der Waals surface area contributed by atoms with Gasteiger partial charge >= 0.3 is 0 Å². The number of aldehydes is 1. The molecule has 1 nitrogen and oxygen atoms in total. The van der Waals surface area contributed by atoms with Crippen LogP contribution < -0.4 is 0 Å². The van der Waals surface area contributed by atoms with Crippen LogP contribution in [-0.2, 0) is 4.79 Å². The van der Waals surface area contributed by atoms with Gasteiger partial charge < -0.3 is 0 Å². The molecule has 46 valence electrons. The predicted molar refractivity (Wildman–Crippen MR) is 32.4 cm³/mol. The van der Waals surface area contributed by atoms with Gasteiger partial charge in [-0.1, -0.05) is 18.2 Å². The lowest BCUT2D eigenvalue weighted by atomic mass is 10.8. The molecule has 0 fully saturated rings. The average molecular weight is 137 g/mol. The van der Waals surface area contributed by atoms with E-state index in [0.29, 0.717) is 6.29 Å². The zero-order chi connectivity index (χ0) is 6.83. The number of halogens is 2. The van der Waals surface area contributed by atoms with Crippen LogP contribution in [0, 0.1) is 0 Å². The first-order valence-electron chi connectivity index (χ1n) is 1.75. The van der Waals surface area contributed by atoms with Gasteiger partial charge in [0.2, 0.25) is 0 Å². The number of allylic oxidation sites excluding steroid dienone is 1. The molecule has 0 bridgehead atoms. The first kappa shape index (κ1) is 10.4. The van der Waals surface area contributed by atoms with Gasteiger partial charge in [0.05, 0.1) is 6.33 Å². The van der Waals surface area contributed by atoms with Crippen molar-refractivity contribution in [2.24, 2.45) is 0 Å². The summed E-state index contributed by atoms with van der Waals surface area (Å²) in [6, 6.07) is 0. The lowest BCUT2D eigenvalue weighted by Gasteiger charge is -1.43. The molecule has 3 heteroatoms. The van der Waals surface area contributed by atoms with E-state index in [1.165, 1.54) is 6.08 Å². The third-order valence-corrected chi connectivity index (χ3v) is 0.239. The first-order chi connectivity index (χ1) is 3.83. The predicted octanol–water partition coefficient (Wildman–Crippen LogP) is 2.04. The van der Waals surface area contributed by atoms with Crippen molar-refractivity contribution < 1.29 is 9.18 Å². The fraction of sp³-hybridized carbons (Fsp3) is 0. The van der Waals surface area contributed by atoms with Crippen LogP contribution >= 0.6 is 11.6 Å². The minimum atomic E-state index is 0.265. The van der Waals surface area contributed by atoms with Crippen molar-refractivity contribution in [2.45, 2.75) is 0 Å². The van der Waals surface area contributed by atoms with Gasteiger partial charge in [0.1, 0.15) is 6.29 Å². The van der Waals surface area contributed by atoms with E-state index in [1.54, 1.807) is 0 Å². The average Bonchev–Trinajstić information content (AvgIpc) is 1.88. The second-order valence-corrected chi connectivity index (χ2v) is 0.876. The Kier molecular flexibility index (Phi) is 21.0. The van der Waals surface area contributed by atoms with Crippen LogP contribution in [0.2, 0.25) is 0 Å². The van der Waals surface area contributed by atoms with Crippen LogP contribution in [0.4, 0.5) is 4.39 Å². The van der Waals surface area contributed by atoms with E-state index in [0.717, 1.165) is 5.54 Å². The van der Waals surface area contributed by atoms with Crippen LogP contribution in [0.5, 0.6) is 0 Å². The Hall–Kier alpha value is -0.630. The molecule has 8 heavy (non-hydrogen) atoms. The van der Waals surface area contributed by atoms with Crippen LogP contribution in [0.15, 0.2) is 24.5 Å². The second-order valence-electron chi connectivity index (χ2n) is 0.624. The smallest absolute Gasteiger partial charge is 0.142 e. The summed E-state index contributed by atoms with van der Waals surface area (Å²) < 4.78 is 10.4. The van der Waals surface area contributed by atoms with Gasteiger partial charge in [-0.15, -0.1) is 0 Å². The zero-order valence-electron chi connectivity index (χ0n) is 4.18. The fourth-order valence-electron chi connectivity index (χ4n) is 0. The van der Waals surface area contributed by atoms with Gasteiger partial charge in [0, 0.05) is 5.54 Å². The van der Waals surface area contributed by atoms with Gasteiger partial charge in [-0.05, 0) is 6.08 Å². The van der Waals surface area contributed by atoms with Gasteiger partial charge in [0.15, 0.2) is 0 Å². The molecule has 0 aliphatic rings. The molecule has 0 radical (unpaired) electrons. The van der Waals surface area contributed by atoms with Crippen molar-refractivity contribution in [3.05, 3.63) is 24.5 Å². The first-order valence-corrected chi connectivity index (χ1v) is 2.18. The second kappa shape index (κ2) is 16.2. The largest absolute Gasteiger partial charge is 0.299 e. The molecule has 0 aromatic heterocycles. The molecule has 0 heterocycles. The van der Waals surface area contributed by atoms with Crippen LogP contribution in [0.1, 0.15) is 0 Å². The SMILES string of the molecule is C=CC=O.FC=CCl. The summed E-state index contributed by atoms with van der Waals surface area (Å²) in [5.74, 6) is 0. The highest BCUT2D eigenvalue weighted by molar-refractivity contribution is 6.25. The highest BCUT2D eigenvalue weighted by atomic mass is 35.5. The molecule has 0 atom stereocenters. The molecule has 0 saturated carbocycles. The standard InChI is InChI=1S/C3H4O.C2H2ClF/c1-2-3-4;3-1-2-4/h2-3H,1H2;1-2H. The Morgan fingerprint density at radius 3 is 1.88 bits per heavy atom. The molecule has 0 unspecified atom stereocenters. The van der Waals surface area contributed by atoms with E-state index in [1.807, 2.05) is 0 Å². The van der Waals surface area contributed by atoms with E-state index in [4.69, 9.17) is 4.79 Å². The van der Waals surface area contributed by atoms with Crippen LogP contribution in [-0.4, -0.2) is 6.29 Å². The Balaban J connectivity index is 0. The summed E-state index contributed by atoms with van der Waals surface area (Å²) in [5, 5.41) is 0. The van der Waals surface area contributed by atoms with Gasteiger partial charge in [-0.25, -0.2) is 4.39 Å². The molecular formula is C5H6ClFO. The maximum Gasteiger partial charge on any atom is 0.142 e. The summed E-state index contributed by atoms with van der Waals surface area (Å²) >= 11 is 4.63. The summed E-state index contributed by atoms with van der Waals surface area (Å²) in [7, 11) is 0. The molecule has 0 aromatic rings. The molecule has 0 N–H and O–H groups in total. The quantitative estimate of drug-likeness (QED) is 0.398. The van der Waals surface area contributed by atoms with E-state index >= 15 is 0 Å². The van der Waals surface area contributed by atoms with E-state index in [2.05, 4.69) is 18.2 Å². The minimum absolute atomic E-state index is 0.265. The number of rotatable bonds is 1. The highest BCUT2D eigenvalue weighted by Gasteiger charge is 1.41. The third kappa shape index (κ3) is 54.6. The molecule has 0 aliphatic heterocycles. The fourth-order valence-corrected chi connectivity index (χ4v) is 0. The molecule has 0 spiro atoms. The number of carbonyl (C=O) groups excluding carboxylic acids is 1. The van der Waals surface area contributed by atoms with Crippen molar-refractivity contribution in [1.29, 1.82) is 0 Å². The summed E-state index contributed by atoms with van der Waals surface area (Å²) in [4.78, 5) is 9.06. The lowest BCUT2D eigenvalue weighted by molar-refractivity contribution is -0.104. The van der Waals surface area contributed by atoms with Gasteiger partial charge in [-0.2, -0.15) is 0 Å². The Morgan fingerprint density at radius 1 is 1.62 bits per heavy atom. The summed E-state index contributed by atoms with van der Waals surface area (Å²) in [6.45, 7) is 3.11. The van der Waals surface area contributed by atoms with Crippen molar-refractivity contribution >= 4 is 17.9 Å². The molecule has 0 amide bonds. The molecule has 0 saturated heterocycles. The lowest BCUT2D eigenvalue weighted by Crippen LogP contribution is -1.44. The Bertz CT molecular complexity index is 70.5. The third-order valence-electron chi connectivity index (χ3n) is 0.144. The van der Waals surface area contributed by atoms with Crippen molar-refractivity contribution in [3.63, 3.8) is 0 Å². The topological polar surface area (TPSA) is 17.1 Å². The van der Waals surface area contributed by atoms with E-state index < -0.39 is 0 Å². The monoisotopic (exact) mass is 136 g/mol. The molecule has 0 aliphatic carbocycles. The summed E-state index contributed by atoms with van der Waals surface area (Å²) in [6.07, 6.45) is 2.10. The highest BCUT2D eigenvalue weighted by Crippen LogP contribution is 1.73.